The first-order chi connectivity index (χ1) is 12.9. The highest BCUT2D eigenvalue weighted by atomic mass is 16.7. The van der Waals surface area contributed by atoms with Crippen LogP contribution < -0.4 is 17.2 Å². The van der Waals surface area contributed by atoms with E-state index >= 15 is 0 Å². The SMILES string of the molecule is CN(CCN=C(N)N)OC[C@H]1O[C@@H](n2cnc3c(N)ncnc32)C(O)C1O. The molecule has 3 rings (SSSR count). The monoisotopic (exact) mass is 381 g/mol. The van der Waals surface area contributed by atoms with Crippen molar-refractivity contribution < 1.29 is 19.8 Å². The lowest BCUT2D eigenvalue weighted by Crippen LogP contribution is -2.36. The number of aliphatic hydroxyl groups excluding tert-OH is 2. The zero-order chi connectivity index (χ0) is 19.6. The van der Waals surface area contributed by atoms with E-state index in [1.165, 1.54) is 22.3 Å². The first kappa shape index (κ1) is 19.2. The maximum absolute atomic E-state index is 10.4. The summed E-state index contributed by atoms with van der Waals surface area (Å²) < 4.78 is 7.28. The van der Waals surface area contributed by atoms with Crippen LogP contribution in [0.15, 0.2) is 17.6 Å². The average molecular weight is 381 g/mol. The van der Waals surface area contributed by atoms with Crippen molar-refractivity contribution in [2.75, 3.05) is 32.5 Å². The molecule has 2 unspecified atom stereocenters. The summed E-state index contributed by atoms with van der Waals surface area (Å²) in [4.78, 5) is 21.5. The van der Waals surface area contributed by atoms with Crippen molar-refractivity contribution in [3.05, 3.63) is 12.7 Å². The number of nitrogens with zero attached hydrogens (tertiary/aromatic N) is 6. The van der Waals surface area contributed by atoms with Crippen molar-refractivity contribution in [1.29, 1.82) is 0 Å². The van der Waals surface area contributed by atoms with Crippen LogP contribution in [-0.4, -0.2) is 85.8 Å². The maximum Gasteiger partial charge on any atom is 0.185 e. The van der Waals surface area contributed by atoms with Crippen molar-refractivity contribution in [3.63, 3.8) is 0 Å². The Labute approximate surface area is 154 Å². The summed E-state index contributed by atoms with van der Waals surface area (Å²) in [5, 5.41) is 22.2. The molecule has 4 atom stereocenters. The summed E-state index contributed by atoms with van der Waals surface area (Å²) in [5.41, 5.74) is 17.1. The van der Waals surface area contributed by atoms with Gasteiger partial charge in [0.25, 0.3) is 0 Å². The number of fused-ring (bicyclic) bond motifs is 1. The zero-order valence-corrected chi connectivity index (χ0v) is 14.7. The molecule has 8 N–H and O–H groups in total. The number of hydroxylamine groups is 2. The fourth-order valence-corrected chi connectivity index (χ4v) is 2.74. The number of likely N-dealkylation sites (N-methyl/N-ethyl adjacent to an activating group) is 1. The number of nitrogen functional groups attached to an aromatic ring is 1. The van der Waals surface area contributed by atoms with E-state index in [4.69, 9.17) is 26.8 Å². The topological polar surface area (TPSA) is 196 Å². The molecule has 3 heterocycles. The molecule has 13 heteroatoms. The van der Waals surface area contributed by atoms with Crippen LogP contribution in [0.4, 0.5) is 5.82 Å². The first-order valence-electron chi connectivity index (χ1n) is 8.22. The minimum atomic E-state index is -1.20. The van der Waals surface area contributed by atoms with E-state index in [-0.39, 0.29) is 18.4 Å². The molecule has 1 saturated heterocycles. The standard InChI is InChI=1S/C14H23N9O4/c1-22(3-2-18-14(16)17)26-4-7-9(24)10(25)13(27-7)23-6-21-8-11(15)19-5-20-12(8)23/h5-7,9-10,13,24-25H,2-4H2,1H3,(H2,15,19,20)(H4,16,17,18)/t7-,9?,10?,13-/m1/s1. The van der Waals surface area contributed by atoms with Gasteiger partial charge in [0.2, 0.25) is 0 Å². The predicted molar refractivity (Wildman–Crippen MR) is 94.9 cm³/mol. The molecule has 0 spiro atoms. The summed E-state index contributed by atoms with van der Waals surface area (Å²) in [5.74, 6) is 0.218. The molecule has 0 radical (unpaired) electrons. The van der Waals surface area contributed by atoms with Gasteiger partial charge in [0.05, 0.1) is 19.5 Å². The van der Waals surface area contributed by atoms with Gasteiger partial charge in [0.1, 0.15) is 30.2 Å². The van der Waals surface area contributed by atoms with Gasteiger partial charge >= 0.3 is 0 Å². The minimum Gasteiger partial charge on any atom is -0.387 e. The van der Waals surface area contributed by atoms with Gasteiger partial charge in [0, 0.05) is 13.6 Å². The smallest absolute Gasteiger partial charge is 0.185 e. The number of hydrogen-bond acceptors (Lipinski definition) is 10. The second-order valence-corrected chi connectivity index (χ2v) is 6.08. The highest BCUT2D eigenvalue weighted by Crippen LogP contribution is 2.32. The molecule has 2 aromatic heterocycles. The number of aliphatic hydroxyl groups is 2. The maximum atomic E-state index is 10.4. The van der Waals surface area contributed by atoms with Crippen LogP contribution >= 0.6 is 0 Å². The molecule has 1 aliphatic heterocycles. The van der Waals surface area contributed by atoms with Crippen LogP contribution in [0.25, 0.3) is 11.2 Å². The summed E-state index contributed by atoms with van der Waals surface area (Å²) in [6.07, 6.45) is -1.27. The molecule has 2 aromatic rings. The Morgan fingerprint density at radius 3 is 2.85 bits per heavy atom. The molecule has 0 bridgehead atoms. The number of nitrogens with two attached hydrogens (primary N) is 3. The fraction of sp³-hybridized carbons (Fsp3) is 0.571. The van der Waals surface area contributed by atoms with E-state index in [2.05, 4.69) is 19.9 Å². The van der Waals surface area contributed by atoms with Gasteiger partial charge in [-0.2, -0.15) is 5.06 Å². The second-order valence-electron chi connectivity index (χ2n) is 6.08. The van der Waals surface area contributed by atoms with Crippen molar-refractivity contribution in [1.82, 2.24) is 24.6 Å². The van der Waals surface area contributed by atoms with E-state index in [1.54, 1.807) is 7.05 Å². The van der Waals surface area contributed by atoms with E-state index in [9.17, 15) is 10.2 Å². The van der Waals surface area contributed by atoms with Gasteiger partial charge in [-0.15, -0.1) is 0 Å². The van der Waals surface area contributed by atoms with E-state index in [0.717, 1.165) is 0 Å². The van der Waals surface area contributed by atoms with Crippen molar-refractivity contribution in [2.24, 2.45) is 16.5 Å². The number of rotatable bonds is 7. The summed E-state index contributed by atoms with van der Waals surface area (Å²) in [6, 6.07) is 0. The number of guanidine groups is 1. The quantitative estimate of drug-likeness (QED) is 0.188. The van der Waals surface area contributed by atoms with Gasteiger partial charge < -0.3 is 32.2 Å². The third kappa shape index (κ3) is 4.06. The van der Waals surface area contributed by atoms with Crippen LogP contribution in [0.5, 0.6) is 0 Å². The Hall–Kier alpha value is -2.58. The second kappa shape index (κ2) is 7.98. The minimum absolute atomic E-state index is 0.000849. The molecule has 0 aromatic carbocycles. The van der Waals surface area contributed by atoms with Crippen molar-refractivity contribution in [2.45, 2.75) is 24.5 Å². The highest BCUT2D eigenvalue weighted by molar-refractivity contribution is 5.81. The van der Waals surface area contributed by atoms with Crippen LogP contribution in [0.2, 0.25) is 0 Å². The molecule has 27 heavy (non-hydrogen) atoms. The van der Waals surface area contributed by atoms with Crippen LogP contribution in [0.3, 0.4) is 0 Å². The summed E-state index contributed by atoms with van der Waals surface area (Å²) in [7, 11) is 1.69. The first-order valence-corrected chi connectivity index (χ1v) is 8.22. The van der Waals surface area contributed by atoms with E-state index < -0.39 is 24.5 Å². The Morgan fingerprint density at radius 1 is 1.33 bits per heavy atom. The lowest BCUT2D eigenvalue weighted by atomic mass is 10.1. The number of hydrogen-bond donors (Lipinski definition) is 5. The van der Waals surface area contributed by atoms with Crippen LogP contribution in [0.1, 0.15) is 6.23 Å². The number of aromatic nitrogens is 4. The third-order valence-electron chi connectivity index (χ3n) is 4.17. The lowest BCUT2D eigenvalue weighted by molar-refractivity contribution is -0.177. The van der Waals surface area contributed by atoms with E-state index in [1.807, 2.05) is 0 Å². The van der Waals surface area contributed by atoms with Gasteiger partial charge in [-0.05, 0) is 0 Å². The lowest BCUT2D eigenvalue weighted by Gasteiger charge is -2.20. The molecular weight excluding hydrogens is 358 g/mol. The normalized spacial score (nSPS) is 25.3. The zero-order valence-electron chi connectivity index (χ0n) is 14.7. The van der Waals surface area contributed by atoms with Gasteiger partial charge in [-0.3, -0.25) is 14.4 Å². The predicted octanol–water partition coefficient (Wildman–Crippen LogP) is -2.84. The van der Waals surface area contributed by atoms with Gasteiger partial charge in [-0.25, -0.2) is 15.0 Å². The molecule has 1 aliphatic rings. The number of aliphatic imine (C=N–C) groups is 1. The summed E-state index contributed by atoms with van der Waals surface area (Å²) in [6.45, 7) is 0.826. The van der Waals surface area contributed by atoms with Crippen LogP contribution in [0, 0.1) is 0 Å². The highest BCUT2D eigenvalue weighted by Gasteiger charge is 2.44. The third-order valence-corrected chi connectivity index (χ3v) is 4.17. The molecule has 0 aliphatic carbocycles. The molecule has 13 nitrogen and oxygen atoms in total. The number of anilines is 1. The Kier molecular flexibility index (Phi) is 5.67. The largest absolute Gasteiger partial charge is 0.387 e. The van der Waals surface area contributed by atoms with Crippen molar-refractivity contribution in [3.8, 4) is 0 Å². The molecule has 1 fully saturated rings. The summed E-state index contributed by atoms with van der Waals surface area (Å²) >= 11 is 0. The van der Waals surface area contributed by atoms with Crippen LogP contribution in [-0.2, 0) is 9.57 Å². The van der Waals surface area contributed by atoms with Gasteiger partial charge in [0.15, 0.2) is 23.7 Å². The van der Waals surface area contributed by atoms with Gasteiger partial charge in [-0.1, -0.05) is 0 Å². The van der Waals surface area contributed by atoms with Crippen molar-refractivity contribution >= 4 is 22.9 Å². The molecular formula is C14H23N9O4. The average Bonchev–Trinajstić information content (AvgIpc) is 3.16. The Bertz CT molecular complexity index is 809. The molecule has 148 valence electrons. The number of ether oxygens (including phenoxy) is 1. The fourth-order valence-electron chi connectivity index (χ4n) is 2.74. The molecule has 0 saturated carbocycles. The Morgan fingerprint density at radius 2 is 2.11 bits per heavy atom. The van der Waals surface area contributed by atoms with E-state index in [0.29, 0.717) is 24.3 Å². The Balaban J connectivity index is 1.63. The molecule has 0 amide bonds. The number of imidazole rings is 1.